The topological polar surface area (TPSA) is 85.7 Å². The Balaban J connectivity index is 2.19. The van der Waals surface area contributed by atoms with E-state index in [1.165, 1.54) is 18.7 Å². The van der Waals surface area contributed by atoms with Gasteiger partial charge in [-0.15, -0.1) is 0 Å². The molecule has 0 amide bonds. The van der Waals surface area contributed by atoms with Crippen LogP contribution in [0.4, 0.5) is 0 Å². The summed E-state index contributed by atoms with van der Waals surface area (Å²) in [5.74, 6) is -1.52. The Morgan fingerprint density at radius 3 is 2.50 bits per heavy atom. The van der Waals surface area contributed by atoms with Crippen LogP contribution < -0.4 is 4.74 Å². The summed E-state index contributed by atoms with van der Waals surface area (Å²) >= 11 is 0. The number of pyridine rings is 1. The number of hydrogen-bond donors (Lipinski definition) is 1. The maximum atomic E-state index is 12.2. The summed E-state index contributed by atoms with van der Waals surface area (Å²) in [4.78, 5) is 27.5. The van der Waals surface area contributed by atoms with Crippen LogP contribution in [0.5, 0.6) is 5.75 Å². The molecule has 0 aromatic carbocycles. The van der Waals surface area contributed by atoms with Crippen molar-refractivity contribution in [3.8, 4) is 5.75 Å². The number of ether oxygens (including phenoxy) is 2. The molecule has 6 heteroatoms. The van der Waals surface area contributed by atoms with Crippen LogP contribution in [0.1, 0.15) is 79.6 Å². The molecule has 2 rings (SSSR count). The first-order valence-corrected chi connectivity index (χ1v) is 8.66. The molecule has 1 N–H and O–H groups in total. The fourth-order valence-corrected chi connectivity index (χ4v) is 2.84. The number of carboxylic acid groups (broad SMARTS) is 1. The predicted molar refractivity (Wildman–Crippen MR) is 88.5 cm³/mol. The highest BCUT2D eigenvalue weighted by Gasteiger charge is 2.22. The zero-order valence-corrected chi connectivity index (χ0v) is 14.3. The molecule has 1 heterocycles. The van der Waals surface area contributed by atoms with Crippen molar-refractivity contribution in [2.45, 2.75) is 71.0 Å². The van der Waals surface area contributed by atoms with Gasteiger partial charge < -0.3 is 14.6 Å². The van der Waals surface area contributed by atoms with Crippen molar-refractivity contribution in [2.75, 3.05) is 0 Å². The highest BCUT2D eigenvalue weighted by molar-refractivity contribution is 5.93. The summed E-state index contributed by atoms with van der Waals surface area (Å²) in [7, 11) is 0. The number of nitrogens with zero attached hydrogens (tertiary/aromatic N) is 1. The van der Waals surface area contributed by atoms with Gasteiger partial charge in [-0.25, -0.2) is 14.6 Å². The molecule has 24 heavy (non-hydrogen) atoms. The Labute approximate surface area is 142 Å². The highest BCUT2D eigenvalue weighted by atomic mass is 16.5. The molecular formula is C18H25NO5. The molecule has 0 bridgehead atoms. The summed E-state index contributed by atoms with van der Waals surface area (Å²) in [5.41, 5.74) is 0.0531. The molecule has 0 unspecified atom stereocenters. The molecule has 1 fully saturated rings. The van der Waals surface area contributed by atoms with Gasteiger partial charge in [0.05, 0.1) is 11.7 Å². The third-order valence-electron chi connectivity index (χ3n) is 4.32. The largest absolute Gasteiger partial charge is 0.488 e. The van der Waals surface area contributed by atoms with Gasteiger partial charge in [0.1, 0.15) is 6.10 Å². The second-order valence-corrected chi connectivity index (χ2v) is 6.10. The number of carbonyl (C=O) groups is 2. The van der Waals surface area contributed by atoms with E-state index in [9.17, 15) is 14.7 Å². The molecule has 1 aliphatic rings. The van der Waals surface area contributed by atoms with E-state index < -0.39 is 11.9 Å². The van der Waals surface area contributed by atoms with Crippen molar-refractivity contribution in [2.24, 2.45) is 0 Å². The van der Waals surface area contributed by atoms with Crippen LogP contribution in [0.15, 0.2) is 12.3 Å². The SMILES string of the molecule is CCC(CC)OC(=O)c1cnc(C(=O)O)c(OC2CCCCC2)c1. The number of carbonyl (C=O) groups excluding carboxylic acids is 1. The van der Waals surface area contributed by atoms with E-state index in [2.05, 4.69) is 4.98 Å². The molecule has 1 aromatic heterocycles. The summed E-state index contributed by atoms with van der Waals surface area (Å²) in [6, 6.07) is 1.44. The van der Waals surface area contributed by atoms with E-state index in [1.807, 2.05) is 13.8 Å². The molecule has 0 atom stereocenters. The van der Waals surface area contributed by atoms with E-state index in [1.54, 1.807) is 0 Å². The van der Waals surface area contributed by atoms with Crippen LogP contribution in [-0.2, 0) is 4.74 Å². The van der Waals surface area contributed by atoms with Crippen LogP contribution in [0.3, 0.4) is 0 Å². The number of hydrogen-bond acceptors (Lipinski definition) is 5. The Kier molecular flexibility index (Phi) is 6.58. The molecular weight excluding hydrogens is 310 g/mol. The minimum atomic E-state index is -1.17. The van der Waals surface area contributed by atoms with Gasteiger partial charge in [0.25, 0.3) is 0 Å². The zero-order valence-electron chi connectivity index (χ0n) is 14.3. The van der Waals surface area contributed by atoms with Gasteiger partial charge in [0.15, 0.2) is 11.4 Å². The second-order valence-electron chi connectivity index (χ2n) is 6.10. The molecule has 132 valence electrons. The predicted octanol–water partition coefficient (Wildman–Crippen LogP) is 3.84. The number of aromatic nitrogens is 1. The van der Waals surface area contributed by atoms with Gasteiger partial charge in [-0.05, 0) is 44.6 Å². The van der Waals surface area contributed by atoms with Gasteiger partial charge in [0, 0.05) is 6.20 Å². The molecule has 0 saturated heterocycles. The summed E-state index contributed by atoms with van der Waals surface area (Å²) in [6.07, 6.45) is 7.61. The summed E-state index contributed by atoms with van der Waals surface area (Å²) in [5, 5.41) is 9.29. The van der Waals surface area contributed by atoms with Crippen molar-refractivity contribution in [1.82, 2.24) is 4.98 Å². The van der Waals surface area contributed by atoms with E-state index in [4.69, 9.17) is 9.47 Å². The number of carboxylic acids is 1. The van der Waals surface area contributed by atoms with Gasteiger partial charge in [0.2, 0.25) is 0 Å². The first-order chi connectivity index (χ1) is 11.5. The van der Waals surface area contributed by atoms with E-state index >= 15 is 0 Å². The van der Waals surface area contributed by atoms with Crippen molar-refractivity contribution in [3.63, 3.8) is 0 Å². The average molecular weight is 335 g/mol. The second kappa shape index (κ2) is 8.66. The molecule has 0 aliphatic heterocycles. The minimum absolute atomic E-state index is 0.0241. The Morgan fingerprint density at radius 2 is 1.92 bits per heavy atom. The lowest BCUT2D eigenvalue weighted by Crippen LogP contribution is -2.22. The standard InChI is InChI=1S/C18H25NO5/c1-3-13(4-2)24-18(22)12-10-15(16(17(20)21)19-11-12)23-14-8-6-5-7-9-14/h10-11,13-14H,3-9H2,1-2H3,(H,20,21). The van der Waals surface area contributed by atoms with Gasteiger partial charge in [-0.2, -0.15) is 0 Å². The number of rotatable bonds is 7. The lowest BCUT2D eigenvalue weighted by molar-refractivity contribution is 0.0282. The Morgan fingerprint density at radius 1 is 1.25 bits per heavy atom. The van der Waals surface area contributed by atoms with Gasteiger partial charge in [-0.3, -0.25) is 0 Å². The van der Waals surface area contributed by atoms with E-state index in [0.29, 0.717) is 0 Å². The molecule has 1 aliphatic carbocycles. The van der Waals surface area contributed by atoms with Gasteiger partial charge >= 0.3 is 11.9 Å². The Bertz CT molecular complexity index is 577. The third-order valence-corrected chi connectivity index (χ3v) is 4.32. The fourth-order valence-electron chi connectivity index (χ4n) is 2.84. The van der Waals surface area contributed by atoms with Crippen LogP contribution >= 0.6 is 0 Å². The first kappa shape index (κ1) is 18.2. The van der Waals surface area contributed by atoms with Gasteiger partial charge in [-0.1, -0.05) is 20.3 Å². The first-order valence-electron chi connectivity index (χ1n) is 8.66. The smallest absolute Gasteiger partial charge is 0.358 e. The molecule has 1 aromatic rings. The quantitative estimate of drug-likeness (QED) is 0.762. The number of aromatic carboxylic acids is 1. The Hall–Kier alpha value is -2.11. The van der Waals surface area contributed by atoms with Crippen molar-refractivity contribution in [1.29, 1.82) is 0 Å². The van der Waals surface area contributed by atoms with Crippen LogP contribution in [0.2, 0.25) is 0 Å². The van der Waals surface area contributed by atoms with Crippen molar-refractivity contribution >= 4 is 11.9 Å². The van der Waals surface area contributed by atoms with Crippen molar-refractivity contribution in [3.05, 3.63) is 23.5 Å². The fraction of sp³-hybridized carbons (Fsp3) is 0.611. The lowest BCUT2D eigenvalue weighted by atomic mass is 9.98. The summed E-state index contributed by atoms with van der Waals surface area (Å²) in [6.45, 7) is 3.90. The van der Waals surface area contributed by atoms with E-state index in [-0.39, 0.29) is 29.2 Å². The van der Waals surface area contributed by atoms with E-state index in [0.717, 1.165) is 38.5 Å². The minimum Gasteiger partial charge on any atom is -0.488 e. The monoisotopic (exact) mass is 335 g/mol. The number of esters is 1. The lowest BCUT2D eigenvalue weighted by Gasteiger charge is -2.23. The summed E-state index contributed by atoms with van der Waals surface area (Å²) < 4.78 is 11.2. The molecule has 0 radical (unpaired) electrons. The zero-order chi connectivity index (χ0) is 17.5. The normalized spacial score (nSPS) is 15.3. The van der Waals surface area contributed by atoms with Crippen LogP contribution in [0.25, 0.3) is 0 Å². The van der Waals surface area contributed by atoms with Crippen LogP contribution in [0, 0.1) is 0 Å². The molecule has 0 spiro atoms. The molecule has 1 saturated carbocycles. The molecule has 6 nitrogen and oxygen atoms in total. The van der Waals surface area contributed by atoms with Crippen LogP contribution in [-0.4, -0.2) is 34.2 Å². The maximum Gasteiger partial charge on any atom is 0.358 e. The third kappa shape index (κ3) is 4.69. The highest BCUT2D eigenvalue weighted by Crippen LogP contribution is 2.26. The van der Waals surface area contributed by atoms with Crippen molar-refractivity contribution < 1.29 is 24.2 Å². The average Bonchev–Trinajstić information content (AvgIpc) is 2.60. The maximum absolute atomic E-state index is 12.2.